The molecule has 1 aromatic carbocycles. The van der Waals surface area contributed by atoms with Gasteiger partial charge in [0.25, 0.3) is 0 Å². The zero-order chi connectivity index (χ0) is 21.6. The molecule has 2 rings (SSSR count). The highest BCUT2D eigenvalue weighted by Gasteiger charge is 2.17. The van der Waals surface area contributed by atoms with Gasteiger partial charge in [-0.25, -0.2) is 4.99 Å². The highest BCUT2D eigenvalue weighted by molar-refractivity contribution is 14.0. The maximum atomic E-state index is 6.07. The number of nitrogens with one attached hydrogen (secondary N) is 2. The fourth-order valence-electron chi connectivity index (χ4n) is 3.50. The van der Waals surface area contributed by atoms with E-state index in [-0.39, 0.29) is 24.0 Å². The number of halogens is 1. The van der Waals surface area contributed by atoms with Crippen LogP contribution in [0.25, 0.3) is 0 Å². The van der Waals surface area contributed by atoms with Crippen molar-refractivity contribution in [3.05, 3.63) is 29.8 Å². The van der Waals surface area contributed by atoms with Crippen molar-refractivity contribution in [3.63, 3.8) is 0 Å². The molecule has 0 amide bonds. The molecule has 1 saturated heterocycles. The van der Waals surface area contributed by atoms with Crippen LogP contribution in [-0.4, -0.2) is 87.4 Å². The minimum atomic E-state index is 0. The van der Waals surface area contributed by atoms with Crippen LogP contribution in [0.5, 0.6) is 5.75 Å². The Kier molecular flexibility index (Phi) is 14.9. The van der Waals surface area contributed by atoms with E-state index in [9.17, 15) is 0 Å². The van der Waals surface area contributed by atoms with Gasteiger partial charge in [-0.2, -0.15) is 0 Å². The summed E-state index contributed by atoms with van der Waals surface area (Å²) in [6, 6.07) is 8.63. The van der Waals surface area contributed by atoms with E-state index >= 15 is 0 Å². The molecule has 2 N–H and O–H groups in total. The molecule has 1 fully saturated rings. The molecular formula is C23H42IN5O2. The van der Waals surface area contributed by atoms with Gasteiger partial charge in [0, 0.05) is 44.3 Å². The van der Waals surface area contributed by atoms with E-state index in [0.717, 1.165) is 76.3 Å². The first kappa shape index (κ1) is 27.9. The van der Waals surface area contributed by atoms with Gasteiger partial charge >= 0.3 is 0 Å². The monoisotopic (exact) mass is 547 g/mol. The number of likely N-dealkylation sites (N-methyl/N-ethyl adjacent to an activating group) is 1. The highest BCUT2D eigenvalue weighted by Crippen LogP contribution is 2.19. The van der Waals surface area contributed by atoms with Crippen molar-refractivity contribution in [2.45, 2.75) is 40.3 Å². The predicted octanol–water partition coefficient (Wildman–Crippen LogP) is 2.80. The number of ether oxygens (including phenoxy) is 2. The topological polar surface area (TPSA) is 61.4 Å². The molecule has 1 unspecified atom stereocenters. The third-order valence-corrected chi connectivity index (χ3v) is 5.52. The first-order valence-corrected chi connectivity index (χ1v) is 11.4. The van der Waals surface area contributed by atoms with Crippen molar-refractivity contribution in [2.24, 2.45) is 4.99 Å². The smallest absolute Gasteiger partial charge is 0.191 e. The molecule has 1 atom stereocenters. The van der Waals surface area contributed by atoms with Crippen molar-refractivity contribution in [2.75, 3.05) is 65.6 Å². The zero-order valence-electron chi connectivity index (χ0n) is 19.7. The molecule has 0 aromatic heterocycles. The molecule has 7 nitrogen and oxygen atoms in total. The van der Waals surface area contributed by atoms with Crippen LogP contribution in [0.1, 0.15) is 33.3 Å². The van der Waals surface area contributed by atoms with Crippen molar-refractivity contribution in [3.8, 4) is 5.75 Å². The second kappa shape index (κ2) is 16.5. The lowest BCUT2D eigenvalue weighted by Gasteiger charge is -2.32. The summed E-state index contributed by atoms with van der Waals surface area (Å²) >= 11 is 0. The number of guanidine groups is 1. The van der Waals surface area contributed by atoms with Crippen LogP contribution in [0.3, 0.4) is 0 Å². The van der Waals surface area contributed by atoms with Gasteiger partial charge in [-0.05, 0) is 33.0 Å². The van der Waals surface area contributed by atoms with Gasteiger partial charge in [-0.15, -0.1) is 24.0 Å². The maximum absolute atomic E-state index is 6.07. The van der Waals surface area contributed by atoms with Crippen LogP contribution < -0.4 is 15.4 Å². The van der Waals surface area contributed by atoms with Crippen LogP contribution in [-0.2, 0) is 11.3 Å². The van der Waals surface area contributed by atoms with Crippen LogP contribution in [0.15, 0.2) is 29.3 Å². The van der Waals surface area contributed by atoms with Gasteiger partial charge in [0.15, 0.2) is 5.96 Å². The zero-order valence-corrected chi connectivity index (χ0v) is 22.1. The summed E-state index contributed by atoms with van der Waals surface area (Å²) in [6.07, 6.45) is 0. The van der Waals surface area contributed by atoms with E-state index in [1.807, 2.05) is 18.2 Å². The summed E-state index contributed by atoms with van der Waals surface area (Å²) in [7, 11) is 0. The number of morpholine rings is 1. The summed E-state index contributed by atoms with van der Waals surface area (Å²) in [5, 5.41) is 6.84. The van der Waals surface area contributed by atoms with Gasteiger partial charge in [0.2, 0.25) is 0 Å². The van der Waals surface area contributed by atoms with Crippen LogP contribution >= 0.6 is 24.0 Å². The Hall–Kier alpha value is -1.10. The van der Waals surface area contributed by atoms with Gasteiger partial charge in [-0.3, -0.25) is 4.90 Å². The van der Waals surface area contributed by atoms with Gasteiger partial charge in [0.1, 0.15) is 12.4 Å². The molecule has 1 aliphatic heterocycles. The van der Waals surface area contributed by atoms with Crippen LogP contribution in [0.2, 0.25) is 0 Å². The second-order valence-electron chi connectivity index (χ2n) is 7.56. The third-order valence-electron chi connectivity index (χ3n) is 5.52. The number of hydrogen-bond acceptors (Lipinski definition) is 5. The molecule has 0 bridgehead atoms. The standard InChI is InChI=1S/C23H41N5O2.HI/c1-5-24-23(25-18-20(4)28-13-15-29-16-14-28)26-19-21-10-8-9-11-22(21)30-17-12-27(6-2)7-3;/h8-11,20H,5-7,12-19H2,1-4H3,(H2,24,25,26);1H. The summed E-state index contributed by atoms with van der Waals surface area (Å²) in [5.74, 6) is 1.77. The van der Waals surface area contributed by atoms with Crippen molar-refractivity contribution < 1.29 is 9.47 Å². The fourth-order valence-corrected chi connectivity index (χ4v) is 3.50. The number of hydrogen-bond donors (Lipinski definition) is 2. The number of benzene rings is 1. The average Bonchev–Trinajstić information content (AvgIpc) is 2.79. The van der Waals surface area contributed by atoms with Crippen molar-refractivity contribution in [1.82, 2.24) is 20.4 Å². The summed E-state index contributed by atoms with van der Waals surface area (Å²) < 4.78 is 11.5. The number of nitrogens with zero attached hydrogens (tertiary/aromatic N) is 3. The molecule has 0 aliphatic carbocycles. The lowest BCUT2D eigenvalue weighted by atomic mass is 10.2. The largest absolute Gasteiger partial charge is 0.492 e. The van der Waals surface area contributed by atoms with Crippen molar-refractivity contribution in [1.29, 1.82) is 0 Å². The molecule has 31 heavy (non-hydrogen) atoms. The summed E-state index contributed by atoms with van der Waals surface area (Å²) in [4.78, 5) is 9.62. The molecule has 0 spiro atoms. The molecule has 1 aromatic rings. The van der Waals surface area contributed by atoms with E-state index in [0.29, 0.717) is 19.2 Å². The Labute approximate surface area is 206 Å². The Morgan fingerprint density at radius 1 is 1.16 bits per heavy atom. The molecule has 0 radical (unpaired) electrons. The normalized spacial score (nSPS) is 16.0. The van der Waals surface area contributed by atoms with Gasteiger partial charge < -0.3 is 25.0 Å². The average molecular weight is 548 g/mol. The lowest BCUT2D eigenvalue weighted by Crippen LogP contribution is -2.49. The minimum Gasteiger partial charge on any atom is -0.492 e. The summed E-state index contributed by atoms with van der Waals surface area (Å²) in [5.41, 5.74) is 1.11. The van der Waals surface area contributed by atoms with Crippen molar-refractivity contribution >= 4 is 29.9 Å². The minimum absolute atomic E-state index is 0. The first-order chi connectivity index (χ1) is 14.7. The third kappa shape index (κ3) is 10.4. The quantitative estimate of drug-likeness (QED) is 0.239. The molecule has 8 heteroatoms. The Morgan fingerprint density at radius 3 is 2.55 bits per heavy atom. The highest BCUT2D eigenvalue weighted by atomic mass is 127. The molecule has 178 valence electrons. The molecule has 1 heterocycles. The van der Waals surface area contributed by atoms with Gasteiger partial charge in [0.05, 0.1) is 19.8 Å². The van der Waals surface area contributed by atoms with Gasteiger partial charge in [-0.1, -0.05) is 32.0 Å². The second-order valence-corrected chi connectivity index (χ2v) is 7.56. The molecule has 0 saturated carbocycles. The number of para-hydroxylation sites is 1. The molecular weight excluding hydrogens is 505 g/mol. The van der Waals surface area contributed by atoms with E-state index < -0.39 is 0 Å². The van der Waals surface area contributed by atoms with Crippen LogP contribution in [0.4, 0.5) is 0 Å². The fraction of sp³-hybridized carbons (Fsp3) is 0.696. The van der Waals surface area contributed by atoms with E-state index in [1.54, 1.807) is 0 Å². The van der Waals surface area contributed by atoms with Crippen LogP contribution in [0, 0.1) is 0 Å². The van der Waals surface area contributed by atoms with E-state index in [1.165, 1.54) is 0 Å². The van der Waals surface area contributed by atoms with E-state index in [2.05, 4.69) is 54.2 Å². The SMILES string of the molecule is CCNC(=NCc1ccccc1OCCN(CC)CC)NCC(C)N1CCOCC1.I. The first-order valence-electron chi connectivity index (χ1n) is 11.4. The Bertz CT molecular complexity index is 622. The lowest BCUT2D eigenvalue weighted by molar-refractivity contribution is 0.0211. The van der Waals surface area contributed by atoms with E-state index in [4.69, 9.17) is 14.5 Å². The molecule has 1 aliphatic rings. The predicted molar refractivity (Wildman–Crippen MR) is 140 cm³/mol. The number of rotatable bonds is 12. The maximum Gasteiger partial charge on any atom is 0.191 e. The summed E-state index contributed by atoms with van der Waals surface area (Å²) in [6.45, 7) is 18.3. The Morgan fingerprint density at radius 2 is 1.87 bits per heavy atom. The number of aliphatic imine (C=N–C) groups is 1. The Balaban J connectivity index is 0.00000480.